The minimum Gasteiger partial charge on any atom is -0.493 e. The fourth-order valence-electron chi connectivity index (χ4n) is 3.22. The Bertz CT molecular complexity index is 1310. The average Bonchev–Trinajstić information content (AvgIpc) is 3.07. The van der Waals surface area contributed by atoms with Crippen LogP contribution in [0.5, 0.6) is 11.5 Å². The van der Waals surface area contributed by atoms with Crippen molar-refractivity contribution in [1.29, 1.82) is 0 Å². The Morgan fingerprint density at radius 1 is 1.06 bits per heavy atom. The van der Waals surface area contributed by atoms with Crippen LogP contribution in [0.25, 0.3) is 6.08 Å². The number of esters is 1. The van der Waals surface area contributed by atoms with E-state index in [4.69, 9.17) is 44.9 Å². The molecule has 0 unspecified atom stereocenters. The lowest BCUT2D eigenvalue weighted by Gasteiger charge is -2.14. The minimum absolute atomic E-state index is 0.161. The third kappa shape index (κ3) is 5.45. The molecule has 1 saturated heterocycles. The second kappa shape index (κ2) is 10.6. The number of thioether (sulfide) groups is 1. The lowest BCUT2D eigenvalue weighted by Crippen LogP contribution is -2.27. The number of carbonyl (C=O) groups excluding carboxylic acids is 2. The van der Waals surface area contributed by atoms with Gasteiger partial charge in [-0.05, 0) is 47.5 Å². The first kappa shape index (κ1) is 24.3. The number of amides is 1. The van der Waals surface area contributed by atoms with Gasteiger partial charge in [0.15, 0.2) is 11.5 Å². The van der Waals surface area contributed by atoms with Crippen molar-refractivity contribution >= 4 is 69.5 Å². The molecule has 1 aliphatic rings. The van der Waals surface area contributed by atoms with Crippen molar-refractivity contribution in [3.63, 3.8) is 0 Å². The highest BCUT2D eigenvalue weighted by molar-refractivity contribution is 8.26. The molecule has 3 aromatic rings. The Balaban J connectivity index is 1.52. The van der Waals surface area contributed by atoms with Crippen LogP contribution in [0.3, 0.4) is 0 Å². The lowest BCUT2D eigenvalue weighted by atomic mass is 10.1. The van der Waals surface area contributed by atoms with Crippen LogP contribution in [0, 0.1) is 0 Å². The van der Waals surface area contributed by atoms with E-state index < -0.39 is 5.97 Å². The van der Waals surface area contributed by atoms with Crippen molar-refractivity contribution in [1.82, 2.24) is 4.90 Å². The zero-order valence-corrected chi connectivity index (χ0v) is 20.9. The molecule has 1 heterocycles. The molecule has 1 fully saturated rings. The molecule has 4 rings (SSSR count). The summed E-state index contributed by atoms with van der Waals surface area (Å²) >= 11 is 18.6. The monoisotopic (exact) mass is 529 g/mol. The highest BCUT2D eigenvalue weighted by Gasteiger charge is 2.32. The summed E-state index contributed by atoms with van der Waals surface area (Å²) in [5.74, 6) is -0.264. The molecule has 5 nitrogen and oxygen atoms in total. The van der Waals surface area contributed by atoms with Crippen molar-refractivity contribution < 1.29 is 19.1 Å². The van der Waals surface area contributed by atoms with Gasteiger partial charge in [-0.15, -0.1) is 0 Å². The average molecular weight is 530 g/mol. The molecule has 3 aromatic carbocycles. The van der Waals surface area contributed by atoms with E-state index in [0.29, 0.717) is 32.1 Å². The number of benzene rings is 3. The largest absolute Gasteiger partial charge is 0.493 e. The van der Waals surface area contributed by atoms with Gasteiger partial charge in [0.25, 0.3) is 5.91 Å². The number of thiocarbonyl (C=S) groups is 1. The second-order valence-electron chi connectivity index (χ2n) is 7.18. The van der Waals surface area contributed by atoms with Gasteiger partial charge in [-0.3, -0.25) is 9.69 Å². The number of nitrogens with zero attached hydrogens (tertiary/aromatic N) is 1. The molecule has 0 radical (unpaired) electrons. The standard InChI is InChI=1S/C25H17Cl2NO4S2/c1-31-21-11-16(7-10-20(21)32-24(30)18-9-8-17(26)13-19(18)27)12-22-23(29)28(25(33)34-22)14-15-5-3-2-4-6-15/h2-13H,14H2,1H3. The molecular formula is C25H17Cl2NO4S2. The van der Waals surface area contributed by atoms with Crippen LogP contribution in [0.2, 0.25) is 10.0 Å². The smallest absolute Gasteiger partial charge is 0.345 e. The molecule has 34 heavy (non-hydrogen) atoms. The summed E-state index contributed by atoms with van der Waals surface area (Å²) in [6, 6.07) is 19.2. The molecule has 0 aromatic heterocycles. The van der Waals surface area contributed by atoms with Crippen molar-refractivity contribution in [3.05, 3.63) is 98.4 Å². The molecule has 0 saturated carbocycles. The summed E-state index contributed by atoms with van der Waals surface area (Å²) in [5, 5.41) is 0.600. The third-order valence-corrected chi connectivity index (χ3v) is 6.82. The first-order valence-corrected chi connectivity index (χ1v) is 12.0. The summed E-state index contributed by atoms with van der Waals surface area (Å²) in [6.07, 6.45) is 1.73. The number of halogens is 2. The lowest BCUT2D eigenvalue weighted by molar-refractivity contribution is -0.122. The molecule has 0 bridgehead atoms. The fourth-order valence-corrected chi connectivity index (χ4v) is 4.96. The van der Waals surface area contributed by atoms with Gasteiger partial charge in [0.2, 0.25) is 0 Å². The Hall–Kier alpha value is -2.84. The zero-order valence-electron chi connectivity index (χ0n) is 17.8. The van der Waals surface area contributed by atoms with Gasteiger partial charge in [0, 0.05) is 5.02 Å². The molecular weight excluding hydrogens is 513 g/mol. The normalized spacial score (nSPS) is 14.6. The van der Waals surface area contributed by atoms with Gasteiger partial charge in [-0.2, -0.15) is 0 Å². The fraction of sp³-hybridized carbons (Fsp3) is 0.0800. The first-order chi connectivity index (χ1) is 16.4. The topological polar surface area (TPSA) is 55.8 Å². The van der Waals surface area contributed by atoms with Gasteiger partial charge in [-0.25, -0.2) is 4.79 Å². The van der Waals surface area contributed by atoms with Crippen molar-refractivity contribution in [2.75, 3.05) is 7.11 Å². The summed E-state index contributed by atoms with van der Waals surface area (Å²) < 4.78 is 11.4. The van der Waals surface area contributed by atoms with Crippen molar-refractivity contribution in [3.8, 4) is 11.5 Å². The Kier molecular flexibility index (Phi) is 7.58. The number of hydrogen-bond donors (Lipinski definition) is 0. The van der Waals surface area contributed by atoms with Gasteiger partial charge < -0.3 is 9.47 Å². The van der Waals surface area contributed by atoms with E-state index in [1.807, 2.05) is 30.3 Å². The molecule has 0 aliphatic carbocycles. The number of carbonyl (C=O) groups is 2. The summed E-state index contributed by atoms with van der Waals surface area (Å²) in [5.41, 5.74) is 1.87. The van der Waals surface area contributed by atoms with Crippen LogP contribution < -0.4 is 9.47 Å². The van der Waals surface area contributed by atoms with E-state index >= 15 is 0 Å². The van der Waals surface area contributed by atoms with Crippen LogP contribution >= 0.6 is 47.2 Å². The van der Waals surface area contributed by atoms with Crippen LogP contribution in [-0.2, 0) is 11.3 Å². The third-order valence-electron chi connectivity index (χ3n) is 4.90. The van der Waals surface area contributed by atoms with Crippen LogP contribution in [0.1, 0.15) is 21.5 Å². The maximum Gasteiger partial charge on any atom is 0.345 e. The highest BCUT2D eigenvalue weighted by atomic mass is 35.5. The predicted octanol–water partition coefficient (Wildman–Crippen LogP) is 6.62. The van der Waals surface area contributed by atoms with Gasteiger partial charge in [-0.1, -0.05) is 83.6 Å². The van der Waals surface area contributed by atoms with Crippen LogP contribution in [0.15, 0.2) is 71.6 Å². The Morgan fingerprint density at radius 3 is 2.53 bits per heavy atom. The van der Waals surface area contributed by atoms with Gasteiger partial charge >= 0.3 is 5.97 Å². The van der Waals surface area contributed by atoms with E-state index in [2.05, 4.69) is 0 Å². The first-order valence-electron chi connectivity index (χ1n) is 10.0. The molecule has 1 amide bonds. The van der Waals surface area contributed by atoms with Crippen LogP contribution in [0.4, 0.5) is 0 Å². The number of methoxy groups -OCH3 is 1. The Morgan fingerprint density at radius 2 is 1.82 bits per heavy atom. The van der Waals surface area contributed by atoms with Crippen LogP contribution in [-0.4, -0.2) is 28.2 Å². The molecule has 9 heteroatoms. The number of ether oxygens (including phenoxy) is 2. The zero-order chi connectivity index (χ0) is 24.2. The minimum atomic E-state index is -0.644. The molecule has 0 atom stereocenters. The summed E-state index contributed by atoms with van der Waals surface area (Å²) in [4.78, 5) is 27.6. The van der Waals surface area contributed by atoms with E-state index in [9.17, 15) is 9.59 Å². The van der Waals surface area contributed by atoms with E-state index in [-0.39, 0.29) is 22.2 Å². The van der Waals surface area contributed by atoms with Crippen molar-refractivity contribution in [2.24, 2.45) is 0 Å². The maximum absolute atomic E-state index is 12.9. The molecule has 0 N–H and O–H groups in total. The number of rotatable bonds is 6. The predicted molar refractivity (Wildman–Crippen MR) is 140 cm³/mol. The molecule has 0 spiro atoms. The molecule has 172 valence electrons. The van der Waals surface area contributed by atoms with Gasteiger partial charge in [0.1, 0.15) is 4.32 Å². The quantitative estimate of drug-likeness (QED) is 0.155. The number of hydrogen-bond acceptors (Lipinski definition) is 6. The maximum atomic E-state index is 12.9. The van der Waals surface area contributed by atoms with E-state index in [1.54, 1.807) is 35.2 Å². The Labute approximate surface area is 216 Å². The highest BCUT2D eigenvalue weighted by Crippen LogP contribution is 2.36. The van der Waals surface area contributed by atoms with Crippen molar-refractivity contribution in [2.45, 2.75) is 6.54 Å². The van der Waals surface area contributed by atoms with E-state index in [1.165, 1.54) is 31.0 Å². The molecule has 1 aliphatic heterocycles. The summed E-state index contributed by atoms with van der Waals surface area (Å²) in [6.45, 7) is 0.411. The summed E-state index contributed by atoms with van der Waals surface area (Å²) in [7, 11) is 1.46. The van der Waals surface area contributed by atoms with E-state index in [0.717, 1.165) is 5.56 Å². The van der Waals surface area contributed by atoms with Gasteiger partial charge in [0.05, 0.1) is 29.1 Å². The SMILES string of the molecule is COc1cc(C=C2SC(=S)N(Cc3ccccc3)C2=O)ccc1OC(=O)c1ccc(Cl)cc1Cl. The second-order valence-corrected chi connectivity index (χ2v) is 9.70.